The summed E-state index contributed by atoms with van der Waals surface area (Å²) in [6.45, 7) is 5.78. The molecule has 2 aromatic carbocycles. The normalized spacial score (nSPS) is 17.0. The Labute approximate surface area is 390 Å². The van der Waals surface area contributed by atoms with E-state index < -0.39 is 59.1 Å². The lowest BCUT2D eigenvalue weighted by Gasteiger charge is -2.32. The molecule has 8 N–H and O–H groups in total. The van der Waals surface area contributed by atoms with Crippen LogP contribution in [0.3, 0.4) is 0 Å². The topological polar surface area (TPSA) is 267 Å². The van der Waals surface area contributed by atoms with Crippen molar-refractivity contribution in [2.24, 2.45) is 35.0 Å². The van der Waals surface area contributed by atoms with Crippen molar-refractivity contribution in [3.63, 3.8) is 0 Å². The Kier molecular flexibility index (Phi) is 24.3. The lowest BCUT2D eigenvalue weighted by Crippen LogP contribution is -2.46. The number of ether oxygens (including phenoxy) is 2. The van der Waals surface area contributed by atoms with E-state index in [-0.39, 0.29) is 95.9 Å². The van der Waals surface area contributed by atoms with Crippen LogP contribution in [0.25, 0.3) is 11.1 Å². The van der Waals surface area contributed by atoms with E-state index in [9.17, 15) is 38.8 Å². The lowest BCUT2D eigenvalue weighted by atomic mass is 9.88. The second-order valence-electron chi connectivity index (χ2n) is 17.4. The van der Waals surface area contributed by atoms with Gasteiger partial charge in [-0.3, -0.25) is 33.6 Å². The van der Waals surface area contributed by atoms with Crippen LogP contribution >= 0.6 is 0 Å². The van der Waals surface area contributed by atoms with Crippen molar-refractivity contribution in [1.29, 1.82) is 5.26 Å². The molecule has 0 saturated heterocycles. The average molecular weight is 916 g/mol. The first-order chi connectivity index (χ1) is 31.7. The number of fused-ring (bicyclic) bond motifs is 5. The Morgan fingerprint density at radius 3 is 2.12 bits per heavy atom. The van der Waals surface area contributed by atoms with Crippen molar-refractivity contribution < 1.29 is 43.0 Å². The fraction of sp³-hybridized carbons (Fsp3) is 0.600. The molecule has 362 valence electrons. The molecule has 66 heavy (non-hydrogen) atoms. The maximum Gasteiger partial charge on any atom is 0.226 e. The third kappa shape index (κ3) is 17.4. The molecule has 2 aromatic rings. The van der Waals surface area contributed by atoms with Gasteiger partial charge in [0, 0.05) is 87.5 Å². The zero-order chi connectivity index (χ0) is 48.6. The van der Waals surface area contributed by atoms with E-state index in [0.717, 1.165) is 25.7 Å². The monoisotopic (exact) mass is 916 g/mol. The fourth-order valence-corrected chi connectivity index (χ4v) is 8.16. The van der Waals surface area contributed by atoms with Gasteiger partial charge in [-0.05, 0) is 61.2 Å². The number of carbonyl (C=O) groups excluding carboxylic acids is 7. The summed E-state index contributed by atoms with van der Waals surface area (Å²) in [7, 11) is 1.46. The summed E-state index contributed by atoms with van der Waals surface area (Å²) in [6, 6.07) is 10.0. The van der Waals surface area contributed by atoms with Gasteiger partial charge in [-0.2, -0.15) is 5.26 Å². The molecule has 0 saturated carbocycles. The van der Waals surface area contributed by atoms with Crippen LogP contribution in [0, 0.1) is 29.1 Å². The fourth-order valence-electron chi connectivity index (χ4n) is 8.16. The maximum absolute atomic E-state index is 14.6. The van der Waals surface area contributed by atoms with Crippen LogP contribution in [0.2, 0.25) is 0 Å². The molecule has 0 aromatic heterocycles. The molecular weight excluding hydrogens is 843 g/mol. The third-order valence-corrected chi connectivity index (χ3v) is 11.9. The summed E-state index contributed by atoms with van der Waals surface area (Å²) >= 11 is 0. The van der Waals surface area contributed by atoms with Gasteiger partial charge < -0.3 is 42.2 Å². The van der Waals surface area contributed by atoms with Crippen molar-refractivity contribution in [1.82, 2.24) is 15.5 Å². The van der Waals surface area contributed by atoms with Gasteiger partial charge in [0.15, 0.2) is 17.3 Å². The highest BCUT2D eigenvalue weighted by atomic mass is 16.5. The lowest BCUT2D eigenvalue weighted by molar-refractivity contribution is -0.143. The van der Waals surface area contributed by atoms with E-state index in [1.165, 1.54) is 31.2 Å². The largest absolute Gasteiger partial charge is 0.492 e. The molecule has 0 aliphatic carbocycles. The Balaban J connectivity index is 1.95. The first-order valence-corrected chi connectivity index (χ1v) is 23.6. The van der Waals surface area contributed by atoms with Gasteiger partial charge in [0.1, 0.15) is 36.5 Å². The van der Waals surface area contributed by atoms with Gasteiger partial charge in [-0.25, -0.2) is 0 Å². The van der Waals surface area contributed by atoms with Crippen LogP contribution < -0.4 is 37.3 Å². The van der Waals surface area contributed by atoms with E-state index in [2.05, 4.69) is 17.6 Å². The van der Waals surface area contributed by atoms with E-state index in [1.807, 2.05) is 6.07 Å². The number of rotatable bonds is 28. The molecule has 0 fully saturated rings. The Bertz CT molecular complexity index is 2000. The molecule has 16 nitrogen and oxygen atoms in total. The number of amides is 3. The third-order valence-electron chi connectivity index (χ3n) is 11.9. The SMILES string of the molecule is CCCCCCCCCC(=O)C[C@H](C)C(=O)NCC(=O)C[C@@H](CCN)C(=O)N(C)[C@@H]1C(=O)C[C@@H](C)C(=O)N[C@H](C(=O)CCC#N)Cc2ccc(OCCN)c(c2)-c2cc1ccc2OCCN. The zero-order valence-corrected chi connectivity index (χ0v) is 39.5. The number of ketones is 4. The molecule has 0 radical (unpaired) electrons. The molecule has 5 atom stereocenters. The van der Waals surface area contributed by atoms with Gasteiger partial charge in [-0.1, -0.05) is 71.4 Å². The molecule has 1 heterocycles. The number of unbranched alkanes of at least 4 members (excludes halogenated alkanes) is 6. The van der Waals surface area contributed by atoms with Crippen LogP contribution in [0.15, 0.2) is 36.4 Å². The Morgan fingerprint density at radius 1 is 0.848 bits per heavy atom. The van der Waals surface area contributed by atoms with Gasteiger partial charge in [0.2, 0.25) is 17.7 Å². The molecule has 0 spiro atoms. The predicted octanol–water partition coefficient (Wildman–Crippen LogP) is 4.81. The van der Waals surface area contributed by atoms with Crippen molar-refractivity contribution in [2.45, 2.75) is 129 Å². The Hall–Kier alpha value is -5.50. The molecule has 3 rings (SSSR count). The number of nitriles is 1. The Morgan fingerprint density at radius 2 is 1.48 bits per heavy atom. The van der Waals surface area contributed by atoms with E-state index in [1.54, 1.807) is 50.2 Å². The van der Waals surface area contributed by atoms with Gasteiger partial charge in [0.25, 0.3) is 0 Å². The van der Waals surface area contributed by atoms with Gasteiger partial charge >= 0.3 is 0 Å². The zero-order valence-electron chi connectivity index (χ0n) is 39.5. The molecule has 1 aliphatic heterocycles. The number of Topliss-reactive ketones (excluding diaryl/α,β-unsaturated/α-hetero) is 4. The maximum atomic E-state index is 14.6. The van der Waals surface area contributed by atoms with E-state index in [4.69, 9.17) is 26.7 Å². The summed E-state index contributed by atoms with van der Waals surface area (Å²) in [4.78, 5) is 96.6. The smallest absolute Gasteiger partial charge is 0.226 e. The summed E-state index contributed by atoms with van der Waals surface area (Å²) in [5.74, 6) is -4.54. The van der Waals surface area contributed by atoms with Crippen LogP contribution in [0.4, 0.5) is 0 Å². The van der Waals surface area contributed by atoms with Crippen molar-refractivity contribution >= 4 is 40.9 Å². The summed E-state index contributed by atoms with van der Waals surface area (Å²) in [6.07, 6.45) is 7.51. The minimum Gasteiger partial charge on any atom is -0.492 e. The van der Waals surface area contributed by atoms with Crippen LogP contribution in [0.1, 0.15) is 128 Å². The highest BCUT2D eigenvalue weighted by Gasteiger charge is 2.36. The van der Waals surface area contributed by atoms with E-state index in [0.29, 0.717) is 40.2 Å². The molecule has 16 heteroatoms. The number of hydrogen-bond acceptors (Lipinski definition) is 13. The number of benzene rings is 2. The first-order valence-electron chi connectivity index (χ1n) is 23.6. The summed E-state index contributed by atoms with van der Waals surface area (Å²) in [5.41, 5.74) is 19.7. The highest BCUT2D eigenvalue weighted by molar-refractivity contribution is 5.97. The number of carbonyl (C=O) groups is 7. The molecule has 4 bridgehead atoms. The van der Waals surface area contributed by atoms with Gasteiger partial charge in [0.05, 0.1) is 18.7 Å². The van der Waals surface area contributed by atoms with Crippen molar-refractivity contribution in [3.8, 4) is 28.7 Å². The number of nitrogens with one attached hydrogen (secondary N) is 2. The number of likely N-dealkylation sites (N-methyl/N-ethyl adjacent to an activating group) is 1. The minimum absolute atomic E-state index is 0.00145. The highest BCUT2D eigenvalue weighted by Crippen LogP contribution is 2.41. The van der Waals surface area contributed by atoms with Crippen LogP contribution in [-0.2, 0) is 40.0 Å². The molecule has 1 aliphatic rings. The minimum atomic E-state index is -1.27. The molecule has 3 amide bonds. The quantitative estimate of drug-likeness (QED) is 0.0719. The molecule has 0 unspecified atom stereocenters. The van der Waals surface area contributed by atoms with Crippen molar-refractivity contribution in [2.75, 3.05) is 46.4 Å². The average Bonchev–Trinajstić information content (AvgIpc) is 3.30. The standard InChI is InChI=1S/C50H73N7O9/c1-5-6-7-8-9-10-11-13-38(58)26-33(2)48(62)55-32-39(59)30-37(19-21-52)50(64)57(4)47-36-16-18-46(66-25-23-54)41(31-36)40-28-35(15-17-45(40)65-24-22-53)29-42(43(60)14-12-20-51)56-49(63)34(3)27-44(47)61/h15-18,28,31,33-34,37,42,47H,5-14,19,21-27,29-30,32,52-54H2,1-4H3,(H,55,62)(H,56,63)/t33-,34+,37+,42-,47-/m0/s1. The van der Waals surface area contributed by atoms with Crippen LogP contribution in [0.5, 0.6) is 11.5 Å². The number of nitrogens with two attached hydrogens (primary N) is 3. The number of nitrogens with zero attached hydrogens (tertiary/aromatic N) is 2. The summed E-state index contributed by atoms with van der Waals surface area (Å²) < 4.78 is 12.2. The first kappa shape index (κ1) is 54.8. The second kappa shape index (κ2) is 29.2. The van der Waals surface area contributed by atoms with Crippen LogP contribution in [-0.4, -0.2) is 98.2 Å². The number of hydrogen-bond donors (Lipinski definition) is 5. The van der Waals surface area contributed by atoms with Crippen molar-refractivity contribution in [3.05, 3.63) is 47.5 Å². The second-order valence-corrected chi connectivity index (χ2v) is 17.4. The molecular formula is C50H73N7O9. The predicted molar refractivity (Wildman–Crippen MR) is 252 cm³/mol. The van der Waals surface area contributed by atoms with Gasteiger partial charge in [-0.15, -0.1) is 0 Å². The summed E-state index contributed by atoms with van der Waals surface area (Å²) in [5, 5.41) is 14.7. The van der Waals surface area contributed by atoms with E-state index >= 15 is 0 Å².